The molecular weight excluding hydrogens is 575 g/mol. The van der Waals surface area contributed by atoms with E-state index in [9.17, 15) is 19.2 Å². The highest BCUT2D eigenvalue weighted by Gasteiger charge is 2.14. The first-order chi connectivity index (χ1) is 20.3. The van der Waals surface area contributed by atoms with E-state index in [4.69, 9.17) is 32.7 Å². The third kappa shape index (κ3) is 6.81. The molecule has 5 aromatic rings. The zero-order valence-electron chi connectivity index (χ0n) is 21.8. The van der Waals surface area contributed by atoms with Gasteiger partial charge in [-0.05, 0) is 106 Å². The first-order valence-corrected chi connectivity index (χ1v) is 13.4. The molecule has 5 rings (SSSR count). The van der Waals surface area contributed by atoms with Gasteiger partial charge in [-0.2, -0.15) is 0 Å². The van der Waals surface area contributed by atoms with Gasteiger partial charge in [0.25, 0.3) is 10.5 Å². The molecule has 0 bridgehead atoms. The summed E-state index contributed by atoms with van der Waals surface area (Å²) in [5.74, 6) is -0.511. The normalized spacial score (nSPS) is 10.5. The number of rotatable bonds is 8. The number of ether oxygens (including phenoxy) is 2. The molecule has 0 saturated carbocycles. The van der Waals surface area contributed by atoms with E-state index < -0.39 is 22.4 Å². The second-order valence-electron chi connectivity index (χ2n) is 9.11. The highest BCUT2D eigenvalue weighted by atomic mass is 35.5. The Morgan fingerprint density at radius 3 is 1.10 bits per heavy atom. The maximum atomic E-state index is 12.7. The minimum atomic E-state index is -0.590. The third-order valence-corrected chi connectivity index (χ3v) is 6.77. The fourth-order valence-corrected chi connectivity index (χ4v) is 4.38. The van der Waals surface area contributed by atoms with E-state index in [0.29, 0.717) is 22.6 Å². The van der Waals surface area contributed by atoms with Crippen molar-refractivity contribution in [2.75, 3.05) is 0 Å². The number of benzene rings is 5. The summed E-state index contributed by atoms with van der Waals surface area (Å²) in [6.45, 7) is 0. The molecule has 0 spiro atoms. The topological polar surface area (TPSA) is 86.7 Å². The van der Waals surface area contributed by atoms with Crippen molar-refractivity contribution in [1.29, 1.82) is 0 Å². The van der Waals surface area contributed by atoms with Crippen molar-refractivity contribution in [3.8, 4) is 33.8 Å². The smallest absolute Gasteiger partial charge is 0.343 e. The molecule has 8 heteroatoms. The Morgan fingerprint density at radius 2 is 0.762 bits per heavy atom. The SMILES string of the molecule is O=C(Cl)c1cccc(-c2ccc(OC(=O)c3ccc(C(=O)Oc4ccc(-c5cccc(C(=O)Cl)c5)cc4)cc3)cc2)c1. The van der Waals surface area contributed by atoms with Gasteiger partial charge in [0.05, 0.1) is 11.1 Å². The largest absolute Gasteiger partial charge is 0.423 e. The van der Waals surface area contributed by atoms with Crippen LogP contribution in [0, 0.1) is 0 Å². The predicted molar refractivity (Wildman–Crippen MR) is 160 cm³/mol. The molecule has 0 radical (unpaired) electrons. The molecule has 0 aromatic heterocycles. The zero-order chi connectivity index (χ0) is 29.6. The average Bonchev–Trinajstić information content (AvgIpc) is 3.02. The van der Waals surface area contributed by atoms with Gasteiger partial charge >= 0.3 is 11.9 Å². The molecule has 0 unspecified atom stereocenters. The van der Waals surface area contributed by atoms with Crippen LogP contribution in [-0.2, 0) is 0 Å². The third-order valence-electron chi connectivity index (χ3n) is 6.33. The van der Waals surface area contributed by atoms with E-state index in [1.165, 1.54) is 24.3 Å². The van der Waals surface area contributed by atoms with Crippen molar-refractivity contribution in [3.63, 3.8) is 0 Å². The van der Waals surface area contributed by atoms with E-state index in [1.807, 2.05) is 12.1 Å². The second-order valence-corrected chi connectivity index (χ2v) is 9.80. The minimum absolute atomic E-state index is 0.256. The lowest BCUT2D eigenvalue weighted by Gasteiger charge is -2.08. The standard InChI is InChI=1S/C34H20Cl2O6/c35-31(37)27-5-1-3-25(19-27)21-11-15-29(16-12-21)41-33(39)23-7-9-24(10-8-23)34(40)42-30-17-13-22(14-18-30)26-4-2-6-28(20-26)32(36)38/h1-20H. The van der Waals surface area contributed by atoms with Crippen LogP contribution < -0.4 is 9.47 Å². The summed E-state index contributed by atoms with van der Waals surface area (Å²) in [7, 11) is 0. The summed E-state index contributed by atoms with van der Waals surface area (Å²) in [6.07, 6.45) is 0. The van der Waals surface area contributed by atoms with E-state index in [2.05, 4.69) is 0 Å². The van der Waals surface area contributed by atoms with Crippen LogP contribution in [0.1, 0.15) is 41.4 Å². The van der Waals surface area contributed by atoms with Gasteiger partial charge < -0.3 is 9.47 Å². The molecule has 0 aliphatic heterocycles. The van der Waals surface area contributed by atoms with E-state index in [-0.39, 0.29) is 11.1 Å². The molecule has 0 aliphatic carbocycles. The number of esters is 2. The lowest BCUT2D eigenvalue weighted by molar-refractivity contribution is 0.0720. The van der Waals surface area contributed by atoms with Crippen LogP contribution in [0.15, 0.2) is 121 Å². The van der Waals surface area contributed by atoms with Gasteiger partial charge in [0, 0.05) is 11.1 Å². The summed E-state index contributed by atoms with van der Waals surface area (Å²) in [6, 6.07) is 33.4. The Bertz CT molecular complexity index is 1660. The van der Waals surface area contributed by atoms with E-state index in [1.54, 1.807) is 84.9 Å². The lowest BCUT2D eigenvalue weighted by atomic mass is 10.0. The van der Waals surface area contributed by atoms with Crippen LogP contribution in [-0.4, -0.2) is 22.4 Å². The van der Waals surface area contributed by atoms with Gasteiger partial charge in [0.2, 0.25) is 0 Å². The molecule has 0 amide bonds. The van der Waals surface area contributed by atoms with Crippen molar-refractivity contribution in [2.45, 2.75) is 0 Å². The maximum Gasteiger partial charge on any atom is 0.343 e. The fourth-order valence-electron chi connectivity index (χ4n) is 4.15. The maximum absolute atomic E-state index is 12.7. The van der Waals surface area contributed by atoms with Gasteiger partial charge in [-0.25, -0.2) is 9.59 Å². The monoisotopic (exact) mass is 594 g/mol. The summed E-state index contributed by atoms with van der Waals surface area (Å²) in [5.41, 5.74) is 4.53. The van der Waals surface area contributed by atoms with Crippen LogP contribution in [0.5, 0.6) is 11.5 Å². The molecule has 0 aliphatic rings. The van der Waals surface area contributed by atoms with Crippen molar-refractivity contribution in [3.05, 3.63) is 144 Å². The summed E-state index contributed by atoms with van der Waals surface area (Å²) >= 11 is 11.1. The Labute approximate surface area is 251 Å². The number of carbonyl (C=O) groups excluding carboxylic acids is 4. The van der Waals surface area contributed by atoms with Crippen LogP contribution in [0.25, 0.3) is 22.3 Å². The number of halogens is 2. The zero-order valence-corrected chi connectivity index (χ0v) is 23.3. The lowest BCUT2D eigenvalue weighted by Crippen LogP contribution is -2.11. The van der Waals surface area contributed by atoms with Gasteiger partial charge in [-0.1, -0.05) is 60.7 Å². The highest BCUT2D eigenvalue weighted by Crippen LogP contribution is 2.26. The van der Waals surface area contributed by atoms with Crippen LogP contribution >= 0.6 is 23.2 Å². The molecule has 206 valence electrons. The Hall–Kier alpha value is -5.04. The Kier molecular flexibility index (Phi) is 8.58. The van der Waals surface area contributed by atoms with Crippen LogP contribution in [0.2, 0.25) is 0 Å². The van der Waals surface area contributed by atoms with Crippen molar-refractivity contribution in [2.24, 2.45) is 0 Å². The molecule has 6 nitrogen and oxygen atoms in total. The van der Waals surface area contributed by atoms with E-state index in [0.717, 1.165) is 22.3 Å². The van der Waals surface area contributed by atoms with Gasteiger partial charge in [0.1, 0.15) is 11.5 Å². The number of hydrogen-bond donors (Lipinski definition) is 0. The number of carbonyl (C=O) groups is 4. The molecule has 0 fully saturated rings. The molecule has 0 saturated heterocycles. The molecular formula is C34H20Cl2O6. The predicted octanol–water partition coefficient (Wildman–Crippen LogP) is 8.22. The summed E-state index contributed by atoms with van der Waals surface area (Å²) in [5, 5.41) is -1.08. The summed E-state index contributed by atoms with van der Waals surface area (Å²) < 4.78 is 10.9. The highest BCUT2D eigenvalue weighted by molar-refractivity contribution is 6.68. The first-order valence-electron chi connectivity index (χ1n) is 12.6. The van der Waals surface area contributed by atoms with Crippen molar-refractivity contribution >= 4 is 45.6 Å². The van der Waals surface area contributed by atoms with Crippen LogP contribution in [0.3, 0.4) is 0 Å². The Morgan fingerprint density at radius 1 is 0.405 bits per heavy atom. The average molecular weight is 595 g/mol. The summed E-state index contributed by atoms with van der Waals surface area (Å²) in [4.78, 5) is 48.2. The first kappa shape index (κ1) is 28.5. The molecule has 0 atom stereocenters. The number of hydrogen-bond acceptors (Lipinski definition) is 6. The Balaban J connectivity index is 1.19. The minimum Gasteiger partial charge on any atom is -0.423 e. The van der Waals surface area contributed by atoms with E-state index >= 15 is 0 Å². The van der Waals surface area contributed by atoms with Gasteiger partial charge in [-0.3, -0.25) is 9.59 Å². The van der Waals surface area contributed by atoms with Crippen molar-refractivity contribution in [1.82, 2.24) is 0 Å². The molecule has 0 N–H and O–H groups in total. The van der Waals surface area contributed by atoms with Gasteiger partial charge in [-0.15, -0.1) is 0 Å². The van der Waals surface area contributed by atoms with Crippen molar-refractivity contribution < 1.29 is 28.7 Å². The molecule has 0 heterocycles. The molecule has 5 aromatic carbocycles. The van der Waals surface area contributed by atoms with Crippen LogP contribution in [0.4, 0.5) is 0 Å². The van der Waals surface area contributed by atoms with Gasteiger partial charge in [0.15, 0.2) is 0 Å². The fraction of sp³-hybridized carbons (Fsp3) is 0. The second kappa shape index (κ2) is 12.6. The quantitative estimate of drug-likeness (QED) is 0.102. The molecule has 42 heavy (non-hydrogen) atoms.